The second-order valence-corrected chi connectivity index (χ2v) is 5.79. The summed E-state index contributed by atoms with van der Waals surface area (Å²) in [5.74, 6) is -0.515. The van der Waals surface area contributed by atoms with Gasteiger partial charge in [-0.3, -0.25) is 4.79 Å². The molecule has 0 heterocycles. The molecule has 0 amide bonds. The molecule has 0 aromatic heterocycles. The van der Waals surface area contributed by atoms with Crippen molar-refractivity contribution in [1.82, 2.24) is 0 Å². The predicted molar refractivity (Wildman–Crippen MR) is 72.1 cm³/mol. The summed E-state index contributed by atoms with van der Waals surface area (Å²) < 4.78 is 0. The van der Waals surface area contributed by atoms with Gasteiger partial charge in [0.2, 0.25) is 0 Å². The maximum absolute atomic E-state index is 10.4. The monoisotopic (exact) mass is 266 g/mol. The Morgan fingerprint density at radius 3 is 2.72 bits per heavy atom. The molecule has 0 bridgehead atoms. The minimum Gasteiger partial charge on any atom is -0.481 e. The molecule has 98 valence electrons. The molecule has 1 unspecified atom stereocenters. The van der Waals surface area contributed by atoms with Crippen molar-refractivity contribution in [3.05, 3.63) is 29.3 Å². The Balaban J connectivity index is 1.91. The first-order chi connectivity index (χ1) is 8.65. The number of fused-ring (bicyclic) bond motifs is 1. The number of carbonyl (C=O) groups is 1. The lowest BCUT2D eigenvalue weighted by Crippen LogP contribution is -2.15. The topological polar surface area (TPSA) is 57.5 Å². The number of aliphatic carboxylic acids is 1. The van der Waals surface area contributed by atoms with Crippen LogP contribution in [0.15, 0.2) is 23.1 Å². The number of carboxylic acid groups (broad SMARTS) is 1. The maximum atomic E-state index is 10.4. The highest BCUT2D eigenvalue weighted by atomic mass is 32.2. The highest BCUT2D eigenvalue weighted by Gasteiger charge is 2.12. The minimum atomic E-state index is -0.950. The van der Waals surface area contributed by atoms with Gasteiger partial charge in [-0.25, -0.2) is 0 Å². The number of rotatable bonds is 5. The molecule has 1 atom stereocenters. The van der Waals surface area contributed by atoms with Gasteiger partial charge in [0.15, 0.2) is 0 Å². The molecule has 0 fully saturated rings. The van der Waals surface area contributed by atoms with Crippen molar-refractivity contribution in [3.63, 3.8) is 0 Å². The third-order valence-corrected chi connectivity index (χ3v) is 4.31. The van der Waals surface area contributed by atoms with E-state index in [4.69, 9.17) is 5.11 Å². The van der Waals surface area contributed by atoms with Crippen LogP contribution < -0.4 is 0 Å². The lowest BCUT2D eigenvalue weighted by atomic mass is 9.92. The molecule has 0 aliphatic heterocycles. The first-order valence-corrected chi connectivity index (χ1v) is 7.28. The van der Waals surface area contributed by atoms with E-state index in [-0.39, 0.29) is 6.42 Å². The Labute approximate surface area is 111 Å². The summed E-state index contributed by atoms with van der Waals surface area (Å²) in [5.41, 5.74) is 2.86. The number of hydrogen-bond donors (Lipinski definition) is 2. The summed E-state index contributed by atoms with van der Waals surface area (Å²) in [7, 11) is 0. The first-order valence-electron chi connectivity index (χ1n) is 6.29. The fraction of sp³-hybridized carbons (Fsp3) is 0.500. The number of aliphatic hydroxyl groups excluding tert-OH is 1. The summed E-state index contributed by atoms with van der Waals surface area (Å²) in [6.45, 7) is 0. The van der Waals surface area contributed by atoms with Crippen molar-refractivity contribution in [2.75, 3.05) is 5.75 Å². The molecule has 0 saturated carbocycles. The number of benzene rings is 1. The lowest BCUT2D eigenvalue weighted by molar-refractivity contribution is -0.138. The predicted octanol–water partition coefficient (Wildman–Crippen LogP) is 2.49. The fourth-order valence-corrected chi connectivity index (χ4v) is 3.15. The zero-order chi connectivity index (χ0) is 13.0. The quantitative estimate of drug-likeness (QED) is 0.804. The van der Waals surface area contributed by atoms with Crippen LogP contribution in [0.4, 0.5) is 0 Å². The van der Waals surface area contributed by atoms with Crippen LogP contribution in [0.1, 0.15) is 30.4 Å². The highest BCUT2D eigenvalue weighted by Crippen LogP contribution is 2.27. The zero-order valence-corrected chi connectivity index (χ0v) is 11.1. The van der Waals surface area contributed by atoms with Crippen LogP contribution in [0.3, 0.4) is 0 Å². The van der Waals surface area contributed by atoms with Crippen molar-refractivity contribution in [2.45, 2.75) is 43.1 Å². The summed E-state index contributed by atoms with van der Waals surface area (Å²) in [4.78, 5) is 11.6. The Bertz CT molecular complexity index is 431. The Morgan fingerprint density at radius 2 is 2.00 bits per heavy atom. The van der Waals surface area contributed by atoms with Gasteiger partial charge in [0, 0.05) is 10.6 Å². The molecule has 4 heteroatoms. The Kier molecular flexibility index (Phi) is 4.66. The molecule has 1 aliphatic rings. The Morgan fingerprint density at radius 1 is 1.28 bits per heavy atom. The number of carboxylic acids is 1. The Hall–Kier alpha value is -1.00. The highest BCUT2D eigenvalue weighted by molar-refractivity contribution is 7.99. The molecule has 3 nitrogen and oxygen atoms in total. The number of hydrogen-bond acceptors (Lipinski definition) is 3. The second-order valence-electron chi connectivity index (χ2n) is 4.70. The summed E-state index contributed by atoms with van der Waals surface area (Å²) in [6, 6.07) is 6.43. The van der Waals surface area contributed by atoms with Gasteiger partial charge in [-0.1, -0.05) is 6.07 Å². The molecule has 2 rings (SSSR count). The van der Waals surface area contributed by atoms with E-state index in [1.165, 1.54) is 42.2 Å². The van der Waals surface area contributed by atoms with E-state index in [2.05, 4.69) is 18.2 Å². The van der Waals surface area contributed by atoms with Crippen molar-refractivity contribution in [3.8, 4) is 0 Å². The van der Waals surface area contributed by atoms with Crippen molar-refractivity contribution in [1.29, 1.82) is 0 Å². The van der Waals surface area contributed by atoms with Crippen molar-refractivity contribution in [2.24, 2.45) is 0 Å². The molecule has 0 saturated heterocycles. The van der Waals surface area contributed by atoms with Gasteiger partial charge in [0.05, 0.1) is 12.5 Å². The minimum absolute atomic E-state index is 0.183. The average Bonchev–Trinajstić information content (AvgIpc) is 2.35. The van der Waals surface area contributed by atoms with Gasteiger partial charge >= 0.3 is 5.97 Å². The van der Waals surface area contributed by atoms with Gasteiger partial charge in [0.25, 0.3) is 0 Å². The molecule has 18 heavy (non-hydrogen) atoms. The van der Waals surface area contributed by atoms with Crippen molar-refractivity contribution >= 4 is 17.7 Å². The molecular formula is C14H18O3S. The van der Waals surface area contributed by atoms with Gasteiger partial charge in [-0.2, -0.15) is 0 Å². The molecule has 1 aromatic carbocycles. The van der Waals surface area contributed by atoms with Crippen LogP contribution in [-0.2, 0) is 17.6 Å². The van der Waals surface area contributed by atoms with Gasteiger partial charge in [0.1, 0.15) is 0 Å². The average molecular weight is 266 g/mol. The summed E-state index contributed by atoms with van der Waals surface area (Å²) in [5, 5.41) is 18.1. The molecule has 1 aromatic rings. The van der Waals surface area contributed by atoms with Gasteiger partial charge < -0.3 is 10.2 Å². The van der Waals surface area contributed by atoms with E-state index < -0.39 is 12.1 Å². The smallest absolute Gasteiger partial charge is 0.306 e. The van der Waals surface area contributed by atoms with Crippen LogP contribution in [0, 0.1) is 0 Å². The van der Waals surface area contributed by atoms with E-state index in [0.29, 0.717) is 5.75 Å². The first kappa shape index (κ1) is 13.4. The standard InChI is InChI=1S/C14H18O3S/c15-12(8-14(16)17)9-18-13-6-5-10-3-1-2-4-11(10)7-13/h5-7,12,15H,1-4,8-9H2,(H,16,17). The molecule has 0 spiro atoms. The second kappa shape index (κ2) is 6.25. The van der Waals surface area contributed by atoms with E-state index in [1.807, 2.05) is 0 Å². The van der Waals surface area contributed by atoms with Crippen LogP contribution >= 0.6 is 11.8 Å². The normalized spacial score (nSPS) is 16.1. The summed E-state index contributed by atoms with van der Waals surface area (Å²) >= 11 is 1.53. The van der Waals surface area contributed by atoms with Crippen LogP contribution in [0.2, 0.25) is 0 Å². The lowest BCUT2D eigenvalue weighted by Gasteiger charge is -2.16. The zero-order valence-electron chi connectivity index (χ0n) is 10.3. The molecular weight excluding hydrogens is 248 g/mol. The SMILES string of the molecule is O=C(O)CC(O)CSc1ccc2c(c1)CCCC2. The van der Waals surface area contributed by atoms with Crippen molar-refractivity contribution < 1.29 is 15.0 Å². The van der Waals surface area contributed by atoms with Crippen LogP contribution in [0.5, 0.6) is 0 Å². The largest absolute Gasteiger partial charge is 0.481 e. The van der Waals surface area contributed by atoms with E-state index in [0.717, 1.165) is 11.3 Å². The van der Waals surface area contributed by atoms with Crippen LogP contribution in [-0.4, -0.2) is 28.0 Å². The number of aliphatic hydroxyl groups is 1. The van der Waals surface area contributed by atoms with E-state index in [1.54, 1.807) is 0 Å². The van der Waals surface area contributed by atoms with Crippen LogP contribution in [0.25, 0.3) is 0 Å². The van der Waals surface area contributed by atoms with E-state index >= 15 is 0 Å². The molecule has 2 N–H and O–H groups in total. The molecule has 1 aliphatic carbocycles. The maximum Gasteiger partial charge on any atom is 0.306 e. The fourth-order valence-electron chi connectivity index (χ4n) is 2.25. The number of thioether (sulfide) groups is 1. The van der Waals surface area contributed by atoms with E-state index in [9.17, 15) is 9.90 Å². The molecule has 0 radical (unpaired) electrons. The third kappa shape index (κ3) is 3.75. The summed E-state index contributed by atoms with van der Waals surface area (Å²) in [6.07, 6.45) is 3.88. The van der Waals surface area contributed by atoms with Gasteiger partial charge in [-0.05, 0) is 48.9 Å². The number of aryl methyl sites for hydroxylation is 2. The third-order valence-electron chi connectivity index (χ3n) is 3.17. The van der Waals surface area contributed by atoms with Gasteiger partial charge in [-0.15, -0.1) is 11.8 Å².